The van der Waals surface area contributed by atoms with Crippen LogP contribution in [0.1, 0.15) is 18.5 Å². The summed E-state index contributed by atoms with van der Waals surface area (Å²) in [4.78, 5) is 13.3. The summed E-state index contributed by atoms with van der Waals surface area (Å²) in [7, 11) is 3.14. The largest absolute Gasteiger partial charge is 0.383 e. The predicted molar refractivity (Wildman–Crippen MR) is 72.3 cm³/mol. The van der Waals surface area contributed by atoms with E-state index in [2.05, 4.69) is 5.32 Å². The molecule has 112 valence electrons. The van der Waals surface area contributed by atoms with E-state index in [1.54, 1.807) is 21.1 Å². The van der Waals surface area contributed by atoms with Crippen LogP contribution < -0.4 is 5.32 Å². The molecular formula is C14H20F2N2O2. The number of benzene rings is 1. The van der Waals surface area contributed by atoms with Crippen LogP contribution in [0.5, 0.6) is 0 Å². The van der Waals surface area contributed by atoms with Crippen molar-refractivity contribution in [3.8, 4) is 0 Å². The van der Waals surface area contributed by atoms with Crippen molar-refractivity contribution >= 4 is 5.91 Å². The number of nitrogens with zero attached hydrogens (tertiary/aromatic N) is 1. The SMILES string of the molecule is COCCNCC(=O)N(C)C(C)c1cc(F)ccc1F. The van der Waals surface area contributed by atoms with Gasteiger partial charge < -0.3 is 15.0 Å². The zero-order valence-electron chi connectivity index (χ0n) is 12.0. The van der Waals surface area contributed by atoms with E-state index in [9.17, 15) is 13.6 Å². The van der Waals surface area contributed by atoms with Gasteiger partial charge in [0, 0.05) is 26.3 Å². The number of nitrogens with one attached hydrogen (secondary N) is 1. The van der Waals surface area contributed by atoms with Crippen molar-refractivity contribution in [2.45, 2.75) is 13.0 Å². The molecule has 1 aromatic carbocycles. The van der Waals surface area contributed by atoms with Gasteiger partial charge in [-0.3, -0.25) is 4.79 Å². The fraction of sp³-hybridized carbons (Fsp3) is 0.500. The molecule has 0 aliphatic rings. The minimum absolute atomic E-state index is 0.126. The molecule has 1 amide bonds. The number of hydrogen-bond donors (Lipinski definition) is 1. The maximum atomic E-state index is 13.7. The van der Waals surface area contributed by atoms with Crippen molar-refractivity contribution in [3.05, 3.63) is 35.4 Å². The molecule has 0 aromatic heterocycles. The molecule has 1 atom stereocenters. The summed E-state index contributed by atoms with van der Waals surface area (Å²) in [5, 5.41) is 2.92. The first kappa shape index (κ1) is 16.5. The first-order valence-electron chi connectivity index (χ1n) is 6.37. The molecular weight excluding hydrogens is 266 g/mol. The lowest BCUT2D eigenvalue weighted by atomic mass is 10.1. The summed E-state index contributed by atoms with van der Waals surface area (Å²) in [6.45, 7) is 2.84. The first-order valence-corrected chi connectivity index (χ1v) is 6.37. The summed E-state index contributed by atoms with van der Waals surface area (Å²) in [6.07, 6.45) is 0. The summed E-state index contributed by atoms with van der Waals surface area (Å²) >= 11 is 0. The minimum atomic E-state index is -0.539. The number of carbonyl (C=O) groups excluding carboxylic acids is 1. The fourth-order valence-electron chi connectivity index (χ4n) is 1.75. The number of likely N-dealkylation sites (N-methyl/N-ethyl adjacent to an activating group) is 1. The average Bonchev–Trinajstić information content (AvgIpc) is 2.44. The molecule has 1 rings (SSSR count). The molecule has 0 heterocycles. The van der Waals surface area contributed by atoms with Crippen LogP contribution in [-0.4, -0.2) is 44.7 Å². The van der Waals surface area contributed by atoms with Crippen molar-refractivity contribution in [3.63, 3.8) is 0 Å². The normalized spacial score (nSPS) is 12.2. The molecule has 0 fully saturated rings. The highest BCUT2D eigenvalue weighted by Gasteiger charge is 2.20. The molecule has 1 aromatic rings. The van der Waals surface area contributed by atoms with Gasteiger partial charge in [-0.15, -0.1) is 0 Å². The van der Waals surface area contributed by atoms with Gasteiger partial charge in [-0.2, -0.15) is 0 Å². The van der Waals surface area contributed by atoms with Crippen LogP contribution in [0.4, 0.5) is 8.78 Å². The molecule has 6 heteroatoms. The number of amides is 1. The van der Waals surface area contributed by atoms with Gasteiger partial charge in [0.25, 0.3) is 0 Å². The van der Waals surface area contributed by atoms with Crippen molar-refractivity contribution in [2.75, 3.05) is 33.9 Å². The van der Waals surface area contributed by atoms with Crippen LogP contribution in [0.25, 0.3) is 0 Å². The predicted octanol–water partition coefficient (Wildman–Crippen LogP) is 1.72. The Hall–Kier alpha value is -1.53. The number of halogens is 2. The highest BCUT2D eigenvalue weighted by molar-refractivity contribution is 5.78. The van der Waals surface area contributed by atoms with Crippen molar-refractivity contribution in [2.24, 2.45) is 0 Å². The molecule has 0 bridgehead atoms. The third-order valence-electron chi connectivity index (χ3n) is 3.14. The van der Waals surface area contributed by atoms with Gasteiger partial charge in [0.15, 0.2) is 0 Å². The molecule has 1 N–H and O–H groups in total. The third-order valence-corrected chi connectivity index (χ3v) is 3.14. The highest BCUT2D eigenvalue weighted by atomic mass is 19.1. The lowest BCUT2D eigenvalue weighted by molar-refractivity contribution is -0.130. The molecule has 0 spiro atoms. The number of rotatable bonds is 7. The fourth-order valence-corrected chi connectivity index (χ4v) is 1.75. The molecule has 0 saturated heterocycles. The van der Waals surface area contributed by atoms with E-state index in [4.69, 9.17) is 4.74 Å². The Morgan fingerprint density at radius 3 is 2.80 bits per heavy atom. The Kier molecular flexibility index (Phi) is 6.54. The monoisotopic (exact) mass is 286 g/mol. The smallest absolute Gasteiger partial charge is 0.236 e. The lowest BCUT2D eigenvalue weighted by Gasteiger charge is -2.26. The van der Waals surface area contributed by atoms with E-state index >= 15 is 0 Å². The number of carbonyl (C=O) groups is 1. The lowest BCUT2D eigenvalue weighted by Crippen LogP contribution is -2.38. The van der Waals surface area contributed by atoms with E-state index in [1.807, 2.05) is 0 Å². The molecule has 0 radical (unpaired) electrons. The van der Waals surface area contributed by atoms with Gasteiger partial charge >= 0.3 is 0 Å². The zero-order valence-corrected chi connectivity index (χ0v) is 12.0. The number of methoxy groups -OCH3 is 1. The van der Waals surface area contributed by atoms with Crippen LogP contribution in [0.15, 0.2) is 18.2 Å². The highest BCUT2D eigenvalue weighted by Crippen LogP contribution is 2.22. The van der Waals surface area contributed by atoms with Gasteiger partial charge in [0.1, 0.15) is 11.6 Å². The van der Waals surface area contributed by atoms with E-state index < -0.39 is 17.7 Å². The minimum Gasteiger partial charge on any atom is -0.383 e. The standard InChI is InChI=1S/C14H20F2N2O2/c1-10(12-8-11(15)4-5-13(12)16)18(2)14(19)9-17-6-7-20-3/h4-5,8,10,17H,6-7,9H2,1-3H3. The van der Waals surface area contributed by atoms with E-state index in [0.29, 0.717) is 13.2 Å². The van der Waals surface area contributed by atoms with Crippen LogP contribution in [0.2, 0.25) is 0 Å². The quantitative estimate of drug-likeness (QED) is 0.776. The number of ether oxygens (including phenoxy) is 1. The Balaban J connectivity index is 2.63. The third kappa shape index (κ3) is 4.54. The summed E-state index contributed by atoms with van der Waals surface area (Å²) < 4.78 is 31.7. The van der Waals surface area contributed by atoms with Crippen LogP contribution in [0.3, 0.4) is 0 Å². The molecule has 4 nitrogen and oxygen atoms in total. The molecule has 0 aliphatic heterocycles. The van der Waals surface area contributed by atoms with Crippen molar-refractivity contribution < 1.29 is 18.3 Å². The second-order valence-corrected chi connectivity index (χ2v) is 4.52. The van der Waals surface area contributed by atoms with Gasteiger partial charge in [0.05, 0.1) is 19.2 Å². The summed E-state index contributed by atoms with van der Waals surface area (Å²) in [5.41, 5.74) is 0.165. The molecule has 0 saturated carbocycles. The molecule has 20 heavy (non-hydrogen) atoms. The van der Waals surface area contributed by atoms with Crippen LogP contribution in [0, 0.1) is 11.6 Å². The second kappa shape index (κ2) is 7.91. The topological polar surface area (TPSA) is 41.6 Å². The first-order chi connectivity index (χ1) is 9.47. The van der Waals surface area contributed by atoms with E-state index in [1.165, 1.54) is 4.90 Å². The summed E-state index contributed by atoms with van der Waals surface area (Å²) in [6, 6.07) is 2.69. The van der Waals surface area contributed by atoms with Crippen molar-refractivity contribution in [1.82, 2.24) is 10.2 Å². The van der Waals surface area contributed by atoms with Gasteiger partial charge in [0.2, 0.25) is 5.91 Å². The Morgan fingerprint density at radius 2 is 2.15 bits per heavy atom. The zero-order chi connectivity index (χ0) is 15.1. The van der Waals surface area contributed by atoms with Gasteiger partial charge in [-0.25, -0.2) is 8.78 Å². The maximum absolute atomic E-state index is 13.7. The maximum Gasteiger partial charge on any atom is 0.236 e. The van der Waals surface area contributed by atoms with Gasteiger partial charge in [-0.05, 0) is 25.1 Å². The van der Waals surface area contributed by atoms with Crippen molar-refractivity contribution in [1.29, 1.82) is 0 Å². The Bertz CT molecular complexity index is 455. The average molecular weight is 286 g/mol. The molecule has 1 unspecified atom stereocenters. The van der Waals surface area contributed by atoms with E-state index in [0.717, 1.165) is 18.2 Å². The second-order valence-electron chi connectivity index (χ2n) is 4.52. The molecule has 0 aliphatic carbocycles. The van der Waals surface area contributed by atoms with Crippen LogP contribution in [-0.2, 0) is 9.53 Å². The van der Waals surface area contributed by atoms with E-state index in [-0.39, 0.29) is 18.0 Å². The van der Waals surface area contributed by atoms with Crippen LogP contribution >= 0.6 is 0 Å². The summed E-state index contributed by atoms with van der Waals surface area (Å²) in [5.74, 6) is -1.24. The Labute approximate surface area is 117 Å². The number of hydrogen-bond acceptors (Lipinski definition) is 3. The Morgan fingerprint density at radius 1 is 1.45 bits per heavy atom. The van der Waals surface area contributed by atoms with Gasteiger partial charge in [-0.1, -0.05) is 0 Å².